The minimum atomic E-state index is -0.631. The summed E-state index contributed by atoms with van der Waals surface area (Å²) in [5.74, 6) is -0.784. The molecule has 0 saturated carbocycles. The zero-order chi connectivity index (χ0) is 11.8. The lowest BCUT2D eigenvalue weighted by Gasteiger charge is -2.31. The summed E-state index contributed by atoms with van der Waals surface area (Å²) >= 11 is 1.85. The quantitative estimate of drug-likeness (QED) is 0.878. The van der Waals surface area contributed by atoms with Crippen molar-refractivity contribution < 1.29 is 9.90 Å². The molecule has 1 aromatic heterocycles. The summed E-state index contributed by atoms with van der Waals surface area (Å²) in [5.41, 5.74) is 1.47. The van der Waals surface area contributed by atoms with Gasteiger partial charge >= 0.3 is 5.97 Å². The maximum Gasteiger partial charge on any atom is 0.307 e. The summed E-state index contributed by atoms with van der Waals surface area (Å²) in [6.45, 7) is 1.67. The highest BCUT2D eigenvalue weighted by Crippen LogP contribution is 2.39. The first-order chi connectivity index (χ1) is 8.25. The second-order valence-electron chi connectivity index (χ2n) is 5.03. The van der Waals surface area contributed by atoms with E-state index in [9.17, 15) is 4.79 Å². The number of hydrogen-bond acceptors (Lipinski definition) is 3. The van der Waals surface area contributed by atoms with Gasteiger partial charge in [0, 0.05) is 17.5 Å². The molecular formula is C13H17NO2S. The van der Waals surface area contributed by atoms with E-state index in [2.05, 4.69) is 16.3 Å². The fraction of sp³-hybridized carbons (Fsp3) is 0.615. The summed E-state index contributed by atoms with van der Waals surface area (Å²) in [7, 11) is 0. The topological polar surface area (TPSA) is 40.5 Å². The number of carboxylic acids is 1. The monoisotopic (exact) mass is 251 g/mol. The van der Waals surface area contributed by atoms with Crippen molar-refractivity contribution in [1.29, 1.82) is 0 Å². The molecule has 0 radical (unpaired) electrons. The van der Waals surface area contributed by atoms with E-state index < -0.39 is 5.97 Å². The summed E-state index contributed by atoms with van der Waals surface area (Å²) in [6, 6.07) is 2.71. The summed E-state index contributed by atoms with van der Waals surface area (Å²) in [4.78, 5) is 14.9. The first kappa shape index (κ1) is 11.2. The third-order valence-electron chi connectivity index (χ3n) is 4.03. The zero-order valence-electron chi connectivity index (χ0n) is 9.76. The van der Waals surface area contributed by atoms with Crippen molar-refractivity contribution in [3.05, 3.63) is 21.9 Å². The van der Waals surface area contributed by atoms with Gasteiger partial charge in [-0.05, 0) is 49.2 Å². The van der Waals surface area contributed by atoms with Crippen LogP contribution in [0.5, 0.6) is 0 Å². The number of rotatable bonds is 2. The van der Waals surface area contributed by atoms with Crippen molar-refractivity contribution in [2.75, 3.05) is 13.1 Å². The van der Waals surface area contributed by atoms with Gasteiger partial charge in [0.15, 0.2) is 0 Å². The average molecular weight is 251 g/mol. The van der Waals surface area contributed by atoms with Crippen LogP contribution in [0.3, 0.4) is 0 Å². The molecular weight excluding hydrogens is 234 g/mol. The molecule has 2 unspecified atom stereocenters. The smallest absolute Gasteiger partial charge is 0.307 e. The molecule has 2 aliphatic rings. The molecule has 17 heavy (non-hydrogen) atoms. The molecule has 1 saturated heterocycles. The predicted molar refractivity (Wildman–Crippen MR) is 67.3 cm³/mol. The maximum atomic E-state index is 11.0. The molecule has 92 valence electrons. The van der Waals surface area contributed by atoms with Crippen LogP contribution in [-0.2, 0) is 11.2 Å². The van der Waals surface area contributed by atoms with E-state index in [-0.39, 0.29) is 5.92 Å². The molecule has 2 atom stereocenters. The predicted octanol–water partition coefficient (Wildman–Crippen LogP) is 2.53. The van der Waals surface area contributed by atoms with Gasteiger partial charge in [-0.1, -0.05) is 0 Å². The Morgan fingerprint density at radius 1 is 1.47 bits per heavy atom. The Morgan fingerprint density at radius 2 is 2.35 bits per heavy atom. The van der Waals surface area contributed by atoms with Crippen molar-refractivity contribution in [2.24, 2.45) is 5.92 Å². The second kappa shape index (κ2) is 4.42. The van der Waals surface area contributed by atoms with E-state index in [4.69, 9.17) is 5.11 Å². The normalized spacial score (nSPS) is 29.2. The van der Waals surface area contributed by atoms with Crippen molar-refractivity contribution in [3.8, 4) is 0 Å². The Labute approximate surface area is 105 Å². The number of hydrogen-bond donors (Lipinski definition) is 1. The fourth-order valence-electron chi connectivity index (χ4n) is 3.11. The highest BCUT2D eigenvalue weighted by atomic mass is 32.1. The molecule has 3 rings (SSSR count). The molecule has 4 heteroatoms. The third kappa shape index (κ3) is 2.00. The number of carbonyl (C=O) groups is 1. The van der Waals surface area contributed by atoms with E-state index >= 15 is 0 Å². The van der Waals surface area contributed by atoms with Crippen LogP contribution in [0.2, 0.25) is 0 Å². The van der Waals surface area contributed by atoms with Gasteiger partial charge in [0.1, 0.15) is 0 Å². The van der Waals surface area contributed by atoms with Gasteiger partial charge in [-0.3, -0.25) is 9.69 Å². The van der Waals surface area contributed by atoms with E-state index in [0.717, 1.165) is 19.5 Å². The van der Waals surface area contributed by atoms with Gasteiger partial charge < -0.3 is 5.11 Å². The average Bonchev–Trinajstić information content (AvgIpc) is 2.97. The molecule has 1 aromatic rings. The van der Waals surface area contributed by atoms with Crippen LogP contribution in [0, 0.1) is 5.92 Å². The molecule has 2 heterocycles. The molecule has 0 aromatic carbocycles. The van der Waals surface area contributed by atoms with Gasteiger partial charge in [-0.15, -0.1) is 11.3 Å². The van der Waals surface area contributed by atoms with Gasteiger partial charge in [-0.25, -0.2) is 0 Å². The number of thiophene rings is 1. The van der Waals surface area contributed by atoms with E-state index in [1.807, 2.05) is 11.3 Å². The molecule has 1 fully saturated rings. The van der Waals surface area contributed by atoms with E-state index in [0.29, 0.717) is 6.04 Å². The zero-order valence-corrected chi connectivity index (χ0v) is 10.6. The second-order valence-corrected chi connectivity index (χ2v) is 6.03. The van der Waals surface area contributed by atoms with E-state index in [1.165, 1.54) is 29.7 Å². The number of likely N-dealkylation sites (tertiary alicyclic amines) is 1. The van der Waals surface area contributed by atoms with Crippen molar-refractivity contribution in [2.45, 2.75) is 31.7 Å². The highest BCUT2D eigenvalue weighted by Gasteiger charge is 2.34. The highest BCUT2D eigenvalue weighted by molar-refractivity contribution is 7.10. The maximum absolute atomic E-state index is 11.0. The van der Waals surface area contributed by atoms with Crippen LogP contribution < -0.4 is 0 Å². The lowest BCUT2D eigenvalue weighted by Crippen LogP contribution is -2.29. The van der Waals surface area contributed by atoms with Crippen LogP contribution in [0.1, 0.15) is 35.7 Å². The van der Waals surface area contributed by atoms with Gasteiger partial charge in [0.2, 0.25) is 0 Å². The number of fused-ring (bicyclic) bond motifs is 1. The lowest BCUT2D eigenvalue weighted by molar-refractivity contribution is -0.141. The number of carboxylic acid groups (broad SMARTS) is 1. The first-order valence-corrected chi connectivity index (χ1v) is 7.17. The number of aryl methyl sites for hydroxylation is 1. The fourth-order valence-corrected chi connectivity index (χ4v) is 4.09. The molecule has 1 aliphatic heterocycles. The molecule has 0 amide bonds. The van der Waals surface area contributed by atoms with Crippen molar-refractivity contribution >= 4 is 17.3 Å². The summed E-state index contributed by atoms with van der Waals surface area (Å²) in [6.07, 6.45) is 4.45. The Balaban J connectivity index is 1.77. The molecule has 1 N–H and O–H groups in total. The van der Waals surface area contributed by atoms with E-state index in [1.54, 1.807) is 0 Å². The summed E-state index contributed by atoms with van der Waals surface area (Å²) < 4.78 is 0. The lowest BCUT2D eigenvalue weighted by atomic mass is 9.93. The SMILES string of the molecule is O=C(O)C1CCN(C2CCCc3sccc32)C1. The Morgan fingerprint density at radius 3 is 3.12 bits per heavy atom. The largest absolute Gasteiger partial charge is 0.481 e. The third-order valence-corrected chi connectivity index (χ3v) is 5.03. The molecule has 0 spiro atoms. The minimum Gasteiger partial charge on any atom is -0.481 e. The minimum absolute atomic E-state index is 0.154. The Bertz CT molecular complexity index is 429. The number of nitrogens with zero attached hydrogens (tertiary/aromatic N) is 1. The molecule has 3 nitrogen and oxygen atoms in total. The van der Waals surface area contributed by atoms with Crippen LogP contribution >= 0.6 is 11.3 Å². The first-order valence-electron chi connectivity index (χ1n) is 6.29. The van der Waals surface area contributed by atoms with Crippen LogP contribution in [0.4, 0.5) is 0 Å². The Hall–Kier alpha value is -0.870. The number of aliphatic carboxylic acids is 1. The van der Waals surface area contributed by atoms with Crippen LogP contribution in [-0.4, -0.2) is 29.1 Å². The standard InChI is InChI=1S/C13H17NO2S/c15-13(16)9-4-6-14(8-9)11-2-1-3-12-10(11)5-7-17-12/h5,7,9,11H,1-4,6,8H2,(H,15,16). The van der Waals surface area contributed by atoms with Gasteiger partial charge in [-0.2, -0.15) is 0 Å². The molecule has 0 bridgehead atoms. The molecule has 1 aliphatic carbocycles. The summed E-state index contributed by atoms with van der Waals surface area (Å²) in [5, 5.41) is 11.2. The van der Waals surface area contributed by atoms with Crippen LogP contribution in [0.25, 0.3) is 0 Å². The van der Waals surface area contributed by atoms with Gasteiger partial charge in [0.25, 0.3) is 0 Å². The van der Waals surface area contributed by atoms with Gasteiger partial charge in [0.05, 0.1) is 5.92 Å². The van der Waals surface area contributed by atoms with Crippen LogP contribution in [0.15, 0.2) is 11.4 Å². The Kier molecular flexibility index (Phi) is 2.92. The van der Waals surface area contributed by atoms with Crippen molar-refractivity contribution in [3.63, 3.8) is 0 Å². The van der Waals surface area contributed by atoms with Crippen molar-refractivity contribution in [1.82, 2.24) is 4.90 Å².